The number of hydrogen-bond acceptors (Lipinski definition) is 4. The first-order valence-electron chi connectivity index (χ1n) is 8.03. The van der Waals surface area contributed by atoms with Gasteiger partial charge in [0, 0.05) is 17.0 Å². The van der Waals surface area contributed by atoms with Gasteiger partial charge in [0.2, 0.25) is 0 Å². The van der Waals surface area contributed by atoms with Crippen LogP contribution in [-0.4, -0.2) is 23.4 Å². The van der Waals surface area contributed by atoms with Crippen molar-refractivity contribution in [2.24, 2.45) is 0 Å². The Labute approximate surface area is 137 Å². The van der Waals surface area contributed by atoms with Gasteiger partial charge in [-0.15, -0.1) is 0 Å². The van der Waals surface area contributed by atoms with Crippen LogP contribution in [0.5, 0.6) is 23.0 Å². The number of phenols is 2. The van der Waals surface area contributed by atoms with E-state index in [9.17, 15) is 10.2 Å². The Hall–Kier alpha value is -2.36. The van der Waals surface area contributed by atoms with Gasteiger partial charge >= 0.3 is 0 Å². The molecule has 23 heavy (non-hydrogen) atoms. The molecule has 0 aliphatic heterocycles. The summed E-state index contributed by atoms with van der Waals surface area (Å²) < 4.78 is 10.9. The Kier molecular flexibility index (Phi) is 5.74. The third kappa shape index (κ3) is 3.52. The van der Waals surface area contributed by atoms with Crippen molar-refractivity contribution in [2.45, 2.75) is 33.1 Å². The van der Waals surface area contributed by atoms with E-state index in [-0.39, 0.29) is 17.4 Å². The van der Waals surface area contributed by atoms with E-state index in [1.54, 1.807) is 12.1 Å². The van der Waals surface area contributed by atoms with Crippen molar-refractivity contribution in [1.82, 2.24) is 0 Å². The summed E-state index contributed by atoms with van der Waals surface area (Å²) in [5.74, 6) is 1.04. The van der Waals surface area contributed by atoms with E-state index in [0.717, 1.165) is 17.5 Å². The molecule has 124 valence electrons. The van der Waals surface area contributed by atoms with Crippen molar-refractivity contribution in [3.63, 3.8) is 0 Å². The Balaban J connectivity index is 2.49. The molecule has 0 amide bonds. The minimum atomic E-state index is -0.143. The van der Waals surface area contributed by atoms with Gasteiger partial charge in [-0.1, -0.05) is 31.2 Å². The Morgan fingerprint density at radius 2 is 1.22 bits per heavy atom. The maximum absolute atomic E-state index is 10.5. The van der Waals surface area contributed by atoms with Crippen LogP contribution in [-0.2, 0) is 0 Å². The molecule has 2 N–H and O–H groups in total. The quantitative estimate of drug-likeness (QED) is 0.793. The van der Waals surface area contributed by atoms with E-state index >= 15 is 0 Å². The van der Waals surface area contributed by atoms with Crippen LogP contribution in [0.4, 0.5) is 0 Å². The van der Waals surface area contributed by atoms with Gasteiger partial charge in [0.05, 0.1) is 13.2 Å². The predicted molar refractivity (Wildman–Crippen MR) is 90.7 cm³/mol. The average molecular weight is 316 g/mol. The lowest BCUT2D eigenvalue weighted by molar-refractivity contribution is 0.313. The minimum absolute atomic E-state index is 0.127. The zero-order valence-electron chi connectivity index (χ0n) is 13.9. The molecular formula is C19H24O4. The molecule has 0 atom stereocenters. The molecule has 4 heteroatoms. The molecule has 0 saturated carbocycles. The Bertz CT molecular complexity index is 596. The second kappa shape index (κ2) is 7.77. The highest BCUT2D eigenvalue weighted by Crippen LogP contribution is 2.44. The van der Waals surface area contributed by atoms with Gasteiger partial charge in [0.15, 0.2) is 23.0 Å². The lowest BCUT2D eigenvalue weighted by Crippen LogP contribution is -2.03. The van der Waals surface area contributed by atoms with Crippen LogP contribution in [0, 0.1) is 0 Å². The van der Waals surface area contributed by atoms with E-state index in [0.29, 0.717) is 24.7 Å². The van der Waals surface area contributed by atoms with E-state index in [4.69, 9.17) is 9.47 Å². The molecule has 0 unspecified atom stereocenters. The van der Waals surface area contributed by atoms with Crippen molar-refractivity contribution >= 4 is 0 Å². The molecule has 0 saturated heterocycles. The molecule has 0 fully saturated rings. The van der Waals surface area contributed by atoms with Crippen molar-refractivity contribution in [2.75, 3.05) is 13.2 Å². The summed E-state index contributed by atoms with van der Waals surface area (Å²) >= 11 is 0. The van der Waals surface area contributed by atoms with Gasteiger partial charge in [0.1, 0.15) is 0 Å². The summed E-state index contributed by atoms with van der Waals surface area (Å²) in [7, 11) is 0. The molecular weight excluding hydrogens is 292 g/mol. The largest absolute Gasteiger partial charge is 0.504 e. The maximum Gasteiger partial charge on any atom is 0.161 e. The van der Waals surface area contributed by atoms with Gasteiger partial charge in [-0.3, -0.25) is 0 Å². The summed E-state index contributed by atoms with van der Waals surface area (Å²) in [5.41, 5.74) is 1.48. The van der Waals surface area contributed by atoms with Crippen LogP contribution in [0.15, 0.2) is 36.4 Å². The van der Waals surface area contributed by atoms with Crippen LogP contribution in [0.2, 0.25) is 0 Å². The monoisotopic (exact) mass is 316 g/mol. The number of para-hydroxylation sites is 2. The summed E-state index contributed by atoms with van der Waals surface area (Å²) in [6.45, 7) is 6.74. The summed E-state index contributed by atoms with van der Waals surface area (Å²) in [6, 6.07) is 10.9. The van der Waals surface area contributed by atoms with Crippen LogP contribution < -0.4 is 9.47 Å². The van der Waals surface area contributed by atoms with Crippen LogP contribution in [0.25, 0.3) is 0 Å². The van der Waals surface area contributed by atoms with Gasteiger partial charge in [-0.2, -0.15) is 0 Å². The lowest BCUT2D eigenvalue weighted by atomic mass is 9.87. The van der Waals surface area contributed by atoms with Gasteiger partial charge in [-0.25, -0.2) is 0 Å². The van der Waals surface area contributed by atoms with Crippen molar-refractivity contribution in [3.05, 3.63) is 47.5 Å². The van der Waals surface area contributed by atoms with Gasteiger partial charge in [-0.05, 0) is 32.4 Å². The van der Waals surface area contributed by atoms with Crippen LogP contribution in [0.1, 0.15) is 44.2 Å². The fourth-order valence-corrected chi connectivity index (χ4v) is 2.79. The molecule has 4 nitrogen and oxygen atoms in total. The molecule has 0 radical (unpaired) electrons. The van der Waals surface area contributed by atoms with E-state index in [1.807, 2.05) is 45.0 Å². The zero-order valence-corrected chi connectivity index (χ0v) is 13.9. The Morgan fingerprint density at radius 3 is 1.57 bits per heavy atom. The number of hydrogen-bond donors (Lipinski definition) is 2. The standard InChI is InChI=1S/C19H24O4/c1-4-13(14-9-7-11-16(18(14)20)22-5-2)15-10-8-12-17(19(15)21)23-6-3/h7-13,20-21H,4-6H2,1-3H3. The molecule has 0 spiro atoms. The topological polar surface area (TPSA) is 58.9 Å². The molecule has 2 rings (SSSR count). The number of rotatable bonds is 7. The first-order valence-corrected chi connectivity index (χ1v) is 8.03. The van der Waals surface area contributed by atoms with Crippen LogP contribution in [0.3, 0.4) is 0 Å². The fraction of sp³-hybridized carbons (Fsp3) is 0.368. The van der Waals surface area contributed by atoms with E-state index in [1.165, 1.54) is 0 Å². The van der Waals surface area contributed by atoms with Gasteiger partial charge in [0.25, 0.3) is 0 Å². The third-order valence-corrected chi connectivity index (χ3v) is 3.82. The fourth-order valence-electron chi connectivity index (χ4n) is 2.79. The molecule has 2 aromatic carbocycles. The van der Waals surface area contributed by atoms with E-state index < -0.39 is 0 Å². The Morgan fingerprint density at radius 1 is 0.783 bits per heavy atom. The highest BCUT2D eigenvalue weighted by Gasteiger charge is 2.22. The SMILES string of the molecule is CCOc1cccc(C(CC)c2cccc(OCC)c2O)c1O. The maximum atomic E-state index is 10.5. The second-order valence-electron chi connectivity index (χ2n) is 5.21. The molecule has 0 bridgehead atoms. The molecule has 0 aliphatic rings. The van der Waals surface area contributed by atoms with Gasteiger partial charge < -0.3 is 19.7 Å². The number of ether oxygens (including phenoxy) is 2. The first kappa shape index (κ1) is 17.0. The van der Waals surface area contributed by atoms with Crippen LogP contribution >= 0.6 is 0 Å². The van der Waals surface area contributed by atoms with Crippen molar-refractivity contribution in [3.8, 4) is 23.0 Å². The molecule has 0 aromatic heterocycles. The number of phenolic OH excluding ortho intramolecular Hbond substituents is 2. The molecule has 2 aromatic rings. The number of aromatic hydroxyl groups is 2. The summed E-state index contributed by atoms with van der Waals surface area (Å²) in [5, 5.41) is 21.0. The van der Waals surface area contributed by atoms with Crippen molar-refractivity contribution in [1.29, 1.82) is 0 Å². The third-order valence-electron chi connectivity index (χ3n) is 3.82. The zero-order chi connectivity index (χ0) is 16.8. The van der Waals surface area contributed by atoms with Crippen molar-refractivity contribution < 1.29 is 19.7 Å². The lowest BCUT2D eigenvalue weighted by Gasteiger charge is -2.21. The highest BCUT2D eigenvalue weighted by molar-refractivity contribution is 5.55. The summed E-state index contributed by atoms with van der Waals surface area (Å²) in [4.78, 5) is 0. The number of benzene rings is 2. The van der Waals surface area contributed by atoms with E-state index in [2.05, 4.69) is 0 Å². The minimum Gasteiger partial charge on any atom is -0.504 e. The molecule has 0 aliphatic carbocycles. The first-order chi connectivity index (χ1) is 11.1. The average Bonchev–Trinajstić information content (AvgIpc) is 2.55. The molecule has 0 heterocycles. The normalized spacial score (nSPS) is 10.8. The highest BCUT2D eigenvalue weighted by atomic mass is 16.5. The summed E-state index contributed by atoms with van der Waals surface area (Å²) in [6.07, 6.45) is 0.728. The predicted octanol–water partition coefficient (Wildman–Crippen LogP) is 4.44. The smallest absolute Gasteiger partial charge is 0.161 e. The second-order valence-corrected chi connectivity index (χ2v) is 5.21.